The minimum absolute atomic E-state index is 0.126. The molecule has 1 atom stereocenters. The van der Waals surface area contributed by atoms with Crippen LogP contribution in [0, 0.1) is 11.6 Å². The van der Waals surface area contributed by atoms with E-state index in [0.29, 0.717) is 12.1 Å². The lowest BCUT2D eigenvalue weighted by atomic mass is 10.0. The molecule has 4 heteroatoms. The van der Waals surface area contributed by atoms with Crippen LogP contribution in [0.4, 0.5) is 8.78 Å². The van der Waals surface area contributed by atoms with Crippen LogP contribution in [-0.4, -0.2) is 19.6 Å². The minimum atomic E-state index is -0.395. The van der Waals surface area contributed by atoms with Crippen LogP contribution in [0.2, 0.25) is 0 Å². The highest BCUT2D eigenvalue weighted by Gasteiger charge is 2.18. The number of benzene rings is 1. The smallest absolute Gasteiger partial charge is 0.128 e. The van der Waals surface area contributed by atoms with E-state index in [-0.39, 0.29) is 11.9 Å². The molecule has 1 aromatic carbocycles. The SMILES string of the molecule is Fc1ccc(F)c([C@H]2CNCCN2)c1. The van der Waals surface area contributed by atoms with E-state index >= 15 is 0 Å². The van der Waals surface area contributed by atoms with Gasteiger partial charge in [0.1, 0.15) is 11.6 Å². The Balaban J connectivity index is 2.24. The molecule has 1 aliphatic heterocycles. The molecular weight excluding hydrogens is 186 g/mol. The van der Waals surface area contributed by atoms with Crippen molar-refractivity contribution >= 4 is 0 Å². The number of nitrogens with one attached hydrogen (secondary N) is 2. The fraction of sp³-hybridized carbons (Fsp3) is 0.400. The fourth-order valence-corrected chi connectivity index (χ4v) is 1.65. The molecule has 0 aromatic heterocycles. The van der Waals surface area contributed by atoms with Crippen molar-refractivity contribution in [1.82, 2.24) is 10.6 Å². The molecule has 1 fully saturated rings. The van der Waals surface area contributed by atoms with Gasteiger partial charge in [-0.2, -0.15) is 0 Å². The first-order valence-electron chi connectivity index (χ1n) is 4.66. The van der Waals surface area contributed by atoms with Crippen LogP contribution in [0.5, 0.6) is 0 Å². The summed E-state index contributed by atoms with van der Waals surface area (Å²) >= 11 is 0. The van der Waals surface area contributed by atoms with Crippen molar-refractivity contribution in [1.29, 1.82) is 0 Å². The maximum Gasteiger partial charge on any atom is 0.128 e. The maximum absolute atomic E-state index is 13.3. The van der Waals surface area contributed by atoms with E-state index in [1.54, 1.807) is 0 Å². The van der Waals surface area contributed by atoms with Crippen molar-refractivity contribution in [2.75, 3.05) is 19.6 Å². The lowest BCUT2D eigenvalue weighted by molar-refractivity contribution is 0.414. The molecule has 0 aliphatic carbocycles. The molecule has 1 aromatic rings. The Hall–Kier alpha value is -1.00. The average Bonchev–Trinajstić information content (AvgIpc) is 2.23. The fourth-order valence-electron chi connectivity index (χ4n) is 1.65. The molecule has 2 rings (SSSR count). The van der Waals surface area contributed by atoms with Crippen molar-refractivity contribution in [2.45, 2.75) is 6.04 Å². The summed E-state index contributed by atoms with van der Waals surface area (Å²) < 4.78 is 26.2. The van der Waals surface area contributed by atoms with Crippen molar-refractivity contribution in [3.63, 3.8) is 0 Å². The van der Waals surface area contributed by atoms with Gasteiger partial charge in [-0.1, -0.05) is 0 Å². The van der Waals surface area contributed by atoms with Gasteiger partial charge >= 0.3 is 0 Å². The highest BCUT2D eigenvalue weighted by Crippen LogP contribution is 2.18. The van der Waals surface area contributed by atoms with E-state index in [1.165, 1.54) is 12.1 Å². The van der Waals surface area contributed by atoms with Crippen LogP contribution in [-0.2, 0) is 0 Å². The Kier molecular flexibility index (Phi) is 2.74. The molecule has 0 spiro atoms. The van der Waals surface area contributed by atoms with E-state index in [4.69, 9.17) is 0 Å². The summed E-state index contributed by atoms with van der Waals surface area (Å²) in [6.45, 7) is 2.29. The third-order valence-corrected chi connectivity index (χ3v) is 2.37. The van der Waals surface area contributed by atoms with Crippen molar-refractivity contribution in [2.24, 2.45) is 0 Å². The molecule has 2 N–H and O–H groups in total. The van der Waals surface area contributed by atoms with Gasteiger partial charge in [0.2, 0.25) is 0 Å². The van der Waals surface area contributed by atoms with Gasteiger partial charge in [0.15, 0.2) is 0 Å². The standard InChI is InChI=1S/C10H12F2N2/c11-7-1-2-9(12)8(5-7)10-6-13-3-4-14-10/h1-2,5,10,13-14H,3-4,6H2/t10-/m1/s1. The normalized spacial score (nSPS) is 22.3. The monoisotopic (exact) mass is 198 g/mol. The van der Waals surface area contributed by atoms with Crippen LogP contribution in [0.15, 0.2) is 18.2 Å². The first-order chi connectivity index (χ1) is 6.77. The predicted octanol–water partition coefficient (Wildman–Crippen LogP) is 1.20. The zero-order chi connectivity index (χ0) is 9.97. The first-order valence-corrected chi connectivity index (χ1v) is 4.66. The number of hydrogen-bond donors (Lipinski definition) is 2. The van der Waals surface area contributed by atoms with Gasteiger partial charge < -0.3 is 10.6 Å². The Labute approximate surface area is 81.3 Å². The van der Waals surface area contributed by atoms with Crippen molar-refractivity contribution in [3.05, 3.63) is 35.4 Å². The second-order valence-electron chi connectivity index (χ2n) is 3.38. The predicted molar refractivity (Wildman–Crippen MR) is 50.0 cm³/mol. The zero-order valence-corrected chi connectivity index (χ0v) is 7.69. The molecule has 2 nitrogen and oxygen atoms in total. The van der Waals surface area contributed by atoms with E-state index in [1.807, 2.05) is 0 Å². The molecule has 1 heterocycles. The van der Waals surface area contributed by atoms with Crippen LogP contribution < -0.4 is 10.6 Å². The van der Waals surface area contributed by atoms with Crippen LogP contribution >= 0.6 is 0 Å². The molecule has 0 bridgehead atoms. The Morgan fingerprint density at radius 2 is 2.07 bits per heavy atom. The molecule has 1 aliphatic rings. The van der Waals surface area contributed by atoms with Gasteiger partial charge in [0.25, 0.3) is 0 Å². The van der Waals surface area contributed by atoms with Gasteiger partial charge in [-0.15, -0.1) is 0 Å². The lowest BCUT2D eigenvalue weighted by Crippen LogP contribution is -2.43. The molecule has 0 radical (unpaired) electrons. The molecular formula is C10H12F2N2. The van der Waals surface area contributed by atoms with E-state index in [2.05, 4.69) is 10.6 Å². The molecule has 1 saturated heterocycles. The Morgan fingerprint density at radius 3 is 2.79 bits per heavy atom. The Morgan fingerprint density at radius 1 is 1.21 bits per heavy atom. The third-order valence-electron chi connectivity index (χ3n) is 2.37. The lowest BCUT2D eigenvalue weighted by Gasteiger charge is -2.25. The Bertz CT molecular complexity index is 322. The molecule has 0 saturated carbocycles. The summed E-state index contributed by atoms with van der Waals surface area (Å²) in [7, 11) is 0. The van der Waals surface area contributed by atoms with Gasteiger partial charge in [0.05, 0.1) is 0 Å². The summed E-state index contributed by atoms with van der Waals surface area (Å²) in [6.07, 6.45) is 0. The summed E-state index contributed by atoms with van der Waals surface area (Å²) in [5.74, 6) is -0.749. The molecule has 14 heavy (non-hydrogen) atoms. The van der Waals surface area contributed by atoms with Crippen LogP contribution in [0.1, 0.15) is 11.6 Å². The summed E-state index contributed by atoms with van der Waals surface area (Å²) in [5.41, 5.74) is 0.400. The largest absolute Gasteiger partial charge is 0.314 e. The second kappa shape index (κ2) is 4.02. The summed E-state index contributed by atoms with van der Waals surface area (Å²) in [5, 5.41) is 6.26. The van der Waals surface area contributed by atoms with E-state index < -0.39 is 5.82 Å². The number of hydrogen-bond acceptors (Lipinski definition) is 2. The van der Waals surface area contributed by atoms with Crippen molar-refractivity contribution in [3.8, 4) is 0 Å². The minimum Gasteiger partial charge on any atom is -0.314 e. The number of halogens is 2. The van der Waals surface area contributed by atoms with Gasteiger partial charge in [-0.25, -0.2) is 8.78 Å². The van der Waals surface area contributed by atoms with Gasteiger partial charge in [-0.05, 0) is 18.2 Å². The summed E-state index contributed by atoms with van der Waals surface area (Å²) in [6, 6.07) is 3.43. The third kappa shape index (κ3) is 1.91. The zero-order valence-electron chi connectivity index (χ0n) is 7.69. The number of piperazine rings is 1. The van der Waals surface area contributed by atoms with Gasteiger partial charge in [0, 0.05) is 31.2 Å². The highest BCUT2D eigenvalue weighted by molar-refractivity contribution is 5.23. The maximum atomic E-state index is 13.3. The quantitative estimate of drug-likeness (QED) is 0.708. The molecule has 76 valence electrons. The average molecular weight is 198 g/mol. The first kappa shape index (κ1) is 9.55. The molecule has 0 unspecified atom stereocenters. The van der Waals surface area contributed by atoms with Crippen LogP contribution in [0.3, 0.4) is 0 Å². The highest BCUT2D eigenvalue weighted by atomic mass is 19.1. The van der Waals surface area contributed by atoms with E-state index in [0.717, 1.165) is 19.2 Å². The number of rotatable bonds is 1. The van der Waals surface area contributed by atoms with Crippen LogP contribution in [0.25, 0.3) is 0 Å². The second-order valence-corrected chi connectivity index (χ2v) is 3.38. The summed E-state index contributed by atoms with van der Waals surface area (Å²) in [4.78, 5) is 0. The van der Waals surface area contributed by atoms with Gasteiger partial charge in [-0.3, -0.25) is 0 Å². The topological polar surface area (TPSA) is 24.1 Å². The van der Waals surface area contributed by atoms with Crippen molar-refractivity contribution < 1.29 is 8.78 Å². The van der Waals surface area contributed by atoms with E-state index in [9.17, 15) is 8.78 Å². The molecule has 0 amide bonds.